The SMILES string of the molecule is O=C(NC(c1ccc(F)cc1)C1CC1)c1cccc2ncccc12. The minimum absolute atomic E-state index is 0.0787. The van der Waals surface area contributed by atoms with Crippen LogP contribution in [0.4, 0.5) is 4.39 Å². The van der Waals surface area contributed by atoms with Crippen LogP contribution in [-0.2, 0) is 0 Å². The van der Waals surface area contributed by atoms with Crippen LogP contribution in [0.1, 0.15) is 34.8 Å². The fraction of sp³-hybridized carbons (Fsp3) is 0.200. The van der Waals surface area contributed by atoms with Crippen molar-refractivity contribution in [3.63, 3.8) is 0 Å². The number of amides is 1. The van der Waals surface area contributed by atoms with Crippen LogP contribution in [-0.4, -0.2) is 10.9 Å². The number of fused-ring (bicyclic) bond motifs is 1. The molecule has 0 saturated heterocycles. The Balaban J connectivity index is 1.64. The average Bonchev–Trinajstić information content (AvgIpc) is 3.45. The first kappa shape index (κ1) is 14.8. The second-order valence-corrected chi connectivity index (χ2v) is 6.22. The van der Waals surface area contributed by atoms with Gasteiger partial charge in [0.1, 0.15) is 5.82 Å². The van der Waals surface area contributed by atoms with Gasteiger partial charge in [-0.1, -0.05) is 24.3 Å². The molecule has 4 rings (SSSR count). The van der Waals surface area contributed by atoms with Crippen molar-refractivity contribution < 1.29 is 9.18 Å². The normalized spacial score (nSPS) is 15.2. The first-order valence-electron chi connectivity index (χ1n) is 8.12. The van der Waals surface area contributed by atoms with E-state index in [9.17, 15) is 9.18 Å². The number of aromatic nitrogens is 1. The number of benzene rings is 2. The summed E-state index contributed by atoms with van der Waals surface area (Å²) in [5, 5.41) is 3.97. The third-order valence-electron chi connectivity index (χ3n) is 4.50. The zero-order valence-electron chi connectivity index (χ0n) is 13.1. The Morgan fingerprint density at radius 2 is 1.88 bits per heavy atom. The Bertz CT molecular complexity index is 882. The first-order valence-corrected chi connectivity index (χ1v) is 8.12. The van der Waals surface area contributed by atoms with E-state index in [4.69, 9.17) is 0 Å². The van der Waals surface area contributed by atoms with Gasteiger partial charge in [0.2, 0.25) is 0 Å². The van der Waals surface area contributed by atoms with E-state index in [1.165, 1.54) is 12.1 Å². The largest absolute Gasteiger partial charge is 0.345 e. The molecule has 1 unspecified atom stereocenters. The Hall–Kier alpha value is -2.75. The molecule has 120 valence electrons. The number of nitrogens with zero attached hydrogens (tertiary/aromatic N) is 1. The standard InChI is InChI=1S/C20H17FN2O/c21-15-10-8-14(9-11-15)19(13-6-7-13)23-20(24)17-3-1-5-18-16(17)4-2-12-22-18/h1-5,8-13,19H,6-7H2,(H,23,24). The van der Waals surface area contributed by atoms with Crippen LogP contribution >= 0.6 is 0 Å². The van der Waals surface area contributed by atoms with Crippen LogP contribution in [0.3, 0.4) is 0 Å². The van der Waals surface area contributed by atoms with Gasteiger partial charge in [-0.2, -0.15) is 0 Å². The number of halogens is 1. The lowest BCUT2D eigenvalue weighted by Gasteiger charge is -2.19. The summed E-state index contributed by atoms with van der Waals surface area (Å²) in [5.41, 5.74) is 2.37. The van der Waals surface area contributed by atoms with Gasteiger partial charge in [-0.25, -0.2) is 4.39 Å². The van der Waals surface area contributed by atoms with Crippen LogP contribution in [0.5, 0.6) is 0 Å². The zero-order chi connectivity index (χ0) is 16.5. The maximum absolute atomic E-state index is 13.2. The lowest BCUT2D eigenvalue weighted by molar-refractivity contribution is 0.0933. The summed E-state index contributed by atoms with van der Waals surface area (Å²) in [6.07, 6.45) is 3.88. The van der Waals surface area contributed by atoms with Gasteiger partial charge in [-0.05, 0) is 54.7 Å². The highest BCUT2D eigenvalue weighted by Crippen LogP contribution is 2.41. The van der Waals surface area contributed by atoms with Gasteiger partial charge >= 0.3 is 0 Å². The van der Waals surface area contributed by atoms with Crippen molar-refractivity contribution in [3.05, 3.63) is 77.7 Å². The van der Waals surface area contributed by atoms with Gasteiger partial charge in [0.25, 0.3) is 5.91 Å². The Morgan fingerprint density at radius 3 is 2.62 bits per heavy atom. The van der Waals surface area contributed by atoms with Crippen molar-refractivity contribution in [1.82, 2.24) is 10.3 Å². The molecule has 1 fully saturated rings. The average molecular weight is 320 g/mol. The molecule has 1 aliphatic carbocycles. The van der Waals surface area contributed by atoms with E-state index >= 15 is 0 Å². The number of hydrogen-bond acceptors (Lipinski definition) is 2. The van der Waals surface area contributed by atoms with Crippen LogP contribution in [0.15, 0.2) is 60.8 Å². The molecule has 4 heteroatoms. The summed E-state index contributed by atoms with van der Waals surface area (Å²) in [6, 6.07) is 15.6. The molecule has 1 saturated carbocycles. The minimum Gasteiger partial charge on any atom is -0.345 e. The second-order valence-electron chi connectivity index (χ2n) is 6.22. The molecular formula is C20H17FN2O. The number of carbonyl (C=O) groups is 1. The van der Waals surface area contributed by atoms with E-state index in [1.807, 2.05) is 30.3 Å². The fourth-order valence-electron chi connectivity index (χ4n) is 3.09. The molecule has 1 atom stereocenters. The maximum atomic E-state index is 13.2. The molecule has 1 aromatic heterocycles. The highest BCUT2D eigenvalue weighted by Gasteiger charge is 2.33. The van der Waals surface area contributed by atoms with Crippen molar-refractivity contribution >= 4 is 16.8 Å². The Labute approximate surface area is 139 Å². The molecule has 1 heterocycles. The molecular weight excluding hydrogens is 303 g/mol. The highest BCUT2D eigenvalue weighted by molar-refractivity contribution is 6.06. The topological polar surface area (TPSA) is 42.0 Å². The van der Waals surface area contributed by atoms with E-state index < -0.39 is 0 Å². The summed E-state index contributed by atoms with van der Waals surface area (Å²) < 4.78 is 13.2. The number of pyridine rings is 1. The molecule has 3 aromatic rings. The molecule has 1 amide bonds. The molecule has 0 spiro atoms. The fourth-order valence-corrected chi connectivity index (χ4v) is 3.09. The van der Waals surface area contributed by atoms with Crippen molar-refractivity contribution in [3.8, 4) is 0 Å². The summed E-state index contributed by atoms with van der Waals surface area (Å²) in [6.45, 7) is 0. The van der Waals surface area contributed by atoms with E-state index in [0.717, 1.165) is 29.3 Å². The maximum Gasteiger partial charge on any atom is 0.252 e. The molecule has 24 heavy (non-hydrogen) atoms. The smallest absolute Gasteiger partial charge is 0.252 e. The minimum atomic E-state index is -0.264. The molecule has 1 aliphatic rings. The Morgan fingerprint density at radius 1 is 1.08 bits per heavy atom. The predicted octanol–water partition coefficient (Wildman–Crippen LogP) is 4.26. The third kappa shape index (κ3) is 2.87. The van der Waals surface area contributed by atoms with Gasteiger partial charge in [0, 0.05) is 17.1 Å². The monoisotopic (exact) mass is 320 g/mol. The molecule has 2 aromatic carbocycles. The second kappa shape index (κ2) is 6.04. The summed E-state index contributed by atoms with van der Waals surface area (Å²) in [5.74, 6) is 0.0436. The van der Waals surface area contributed by atoms with Gasteiger partial charge in [-0.15, -0.1) is 0 Å². The van der Waals surface area contributed by atoms with Crippen LogP contribution < -0.4 is 5.32 Å². The number of carbonyl (C=O) groups excluding carboxylic acids is 1. The number of rotatable bonds is 4. The highest BCUT2D eigenvalue weighted by atomic mass is 19.1. The van der Waals surface area contributed by atoms with E-state index in [0.29, 0.717) is 11.5 Å². The van der Waals surface area contributed by atoms with Crippen LogP contribution in [0, 0.1) is 11.7 Å². The van der Waals surface area contributed by atoms with Gasteiger partial charge in [-0.3, -0.25) is 9.78 Å². The third-order valence-corrected chi connectivity index (χ3v) is 4.50. The predicted molar refractivity (Wildman–Crippen MR) is 91.1 cm³/mol. The Kier molecular flexibility index (Phi) is 3.73. The molecule has 1 N–H and O–H groups in total. The van der Waals surface area contributed by atoms with Crippen molar-refractivity contribution in [2.75, 3.05) is 0 Å². The van der Waals surface area contributed by atoms with E-state index in [1.54, 1.807) is 18.3 Å². The van der Waals surface area contributed by atoms with E-state index in [-0.39, 0.29) is 17.8 Å². The first-order chi connectivity index (χ1) is 11.7. The molecule has 0 aliphatic heterocycles. The quantitative estimate of drug-likeness (QED) is 0.780. The zero-order valence-corrected chi connectivity index (χ0v) is 13.1. The van der Waals surface area contributed by atoms with E-state index in [2.05, 4.69) is 10.3 Å². The van der Waals surface area contributed by atoms with Gasteiger partial charge in [0.15, 0.2) is 0 Å². The van der Waals surface area contributed by atoms with Crippen LogP contribution in [0.2, 0.25) is 0 Å². The van der Waals surface area contributed by atoms with Gasteiger partial charge < -0.3 is 5.32 Å². The number of hydrogen-bond donors (Lipinski definition) is 1. The number of nitrogens with one attached hydrogen (secondary N) is 1. The molecule has 0 radical (unpaired) electrons. The summed E-state index contributed by atoms with van der Waals surface area (Å²) >= 11 is 0. The lowest BCUT2D eigenvalue weighted by Crippen LogP contribution is -2.30. The molecule has 0 bridgehead atoms. The van der Waals surface area contributed by atoms with Gasteiger partial charge in [0.05, 0.1) is 11.6 Å². The summed E-state index contributed by atoms with van der Waals surface area (Å²) in [7, 11) is 0. The van der Waals surface area contributed by atoms with Crippen molar-refractivity contribution in [2.24, 2.45) is 5.92 Å². The van der Waals surface area contributed by atoms with Crippen molar-refractivity contribution in [2.45, 2.75) is 18.9 Å². The summed E-state index contributed by atoms with van der Waals surface area (Å²) in [4.78, 5) is 17.1. The van der Waals surface area contributed by atoms with Crippen molar-refractivity contribution in [1.29, 1.82) is 0 Å². The lowest BCUT2D eigenvalue weighted by atomic mass is 10.0. The van der Waals surface area contributed by atoms with Crippen LogP contribution in [0.25, 0.3) is 10.9 Å². The molecule has 3 nitrogen and oxygen atoms in total.